The molecule has 24 heavy (non-hydrogen) atoms. The van der Waals surface area contributed by atoms with E-state index in [1.165, 1.54) is 12.0 Å². The lowest BCUT2D eigenvalue weighted by molar-refractivity contribution is -0.138. The first-order valence-corrected chi connectivity index (χ1v) is 8.75. The van der Waals surface area contributed by atoms with Gasteiger partial charge >= 0.3 is 5.97 Å². The minimum absolute atomic E-state index is 0.0256. The van der Waals surface area contributed by atoms with Gasteiger partial charge in [0.05, 0.1) is 13.0 Å². The van der Waals surface area contributed by atoms with Gasteiger partial charge in [-0.15, -0.1) is 0 Å². The van der Waals surface area contributed by atoms with Crippen molar-refractivity contribution >= 4 is 11.9 Å². The maximum absolute atomic E-state index is 12.2. The van der Waals surface area contributed by atoms with Gasteiger partial charge in [0.1, 0.15) is 0 Å². The first-order chi connectivity index (χ1) is 11.6. The number of carbonyl (C=O) groups is 2. The second-order valence-corrected chi connectivity index (χ2v) is 7.15. The largest absolute Gasteiger partial charge is 0.465 e. The van der Waals surface area contributed by atoms with Gasteiger partial charge in [-0.25, -0.2) is 0 Å². The summed E-state index contributed by atoms with van der Waals surface area (Å²) in [4.78, 5) is 25.7. The Bertz CT molecular complexity index is 584. The number of likely N-dealkylation sites (N-methyl/N-ethyl adjacent to an activating group) is 1. The van der Waals surface area contributed by atoms with E-state index in [1.54, 1.807) is 0 Å². The fraction of sp³-hybridized carbons (Fsp3) is 0.579. The number of carbonyl (C=O) groups excluding carboxylic acids is 2. The topological polar surface area (TPSA) is 58.6 Å². The highest BCUT2D eigenvalue weighted by Gasteiger charge is 2.41. The summed E-state index contributed by atoms with van der Waals surface area (Å²) < 4.78 is 4.92. The van der Waals surface area contributed by atoms with Crippen molar-refractivity contribution in [3.8, 4) is 0 Å². The number of amides is 1. The lowest BCUT2D eigenvalue weighted by Crippen LogP contribution is -2.58. The summed E-state index contributed by atoms with van der Waals surface area (Å²) in [6.45, 7) is 1.95. The zero-order chi connectivity index (χ0) is 17.0. The van der Waals surface area contributed by atoms with Crippen LogP contribution in [0, 0.1) is 5.92 Å². The van der Waals surface area contributed by atoms with Crippen LogP contribution in [0.2, 0.25) is 0 Å². The van der Waals surface area contributed by atoms with E-state index < -0.39 is 0 Å². The van der Waals surface area contributed by atoms with Crippen LogP contribution in [0.3, 0.4) is 0 Å². The maximum atomic E-state index is 12.2. The second-order valence-electron chi connectivity index (χ2n) is 7.15. The molecule has 1 aliphatic carbocycles. The third-order valence-corrected chi connectivity index (χ3v) is 5.38. The van der Waals surface area contributed by atoms with Crippen LogP contribution >= 0.6 is 0 Å². The van der Waals surface area contributed by atoms with Crippen molar-refractivity contribution in [1.82, 2.24) is 10.2 Å². The molecule has 5 heteroatoms. The number of hydrogen-bond donors (Lipinski definition) is 1. The minimum Gasteiger partial charge on any atom is -0.465 e. The van der Waals surface area contributed by atoms with Gasteiger partial charge in [-0.1, -0.05) is 30.3 Å². The van der Waals surface area contributed by atoms with E-state index >= 15 is 0 Å². The number of esters is 1. The van der Waals surface area contributed by atoms with Crippen LogP contribution < -0.4 is 5.32 Å². The summed E-state index contributed by atoms with van der Waals surface area (Å²) in [6.07, 6.45) is 4.18. The van der Waals surface area contributed by atoms with Crippen LogP contribution in [-0.2, 0) is 20.9 Å². The van der Waals surface area contributed by atoms with E-state index in [4.69, 9.17) is 4.74 Å². The fourth-order valence-electron chi connectivity index (χ4n) is 3.60. The van der Waals surface area contributed by atoms with Gasteiger partial charge in [0.25, 0.3) is 0 Å². The predicted octanol–water partition coefficient (Wildman–Crippen LogP) is 2.11. The zero-order valence-electron chi connectivity index (χ0n) is 14.3. The molecule has 1 aliphatic heterocycles. The van der Waals surface area contributed by atoms with Crippen molar-refractivity contribution in [2.75, 3.05) is 20.2 Å². The smallest absolute Gasteiger partial charge is 0.306 e. The number of cyclic esters (lactones) is 1. The van der Waals surface area contributed by atoms with Crippen molar-refractivity contribution in [1.29, 1.82) is 0 Å². The van der Waals surface area contributed by atoms with E-state index in [2.05, 4.69) is 41.5 Å². The van der Waals surface area contributed by atoms with Crippen molar-refractivity contribution in [2.45, 2.75) is 44.2 Å². The molecule has 0 bridgehead atoms. The third-order valence-electron chi connectivity index (χ3n) is 5.38. The van der Waals surface area contributed by atoms with E-state index in [1.807, 2.05) is 6.07 Å². The number of nitrogens with zero attached hydrogens (tertiary/aromatic N) is 1. The van der Waals surface area contributed by atoms with Crippen molar-refractivity contribution in [2.24, 2.45) is 5.92 Å². The third kappa shape index (κ3) is 3.96. The molecule has 1 aromatic carbocycles. The molecule has 1 atom stereocenters. The molecule has 2 fully saturated rings. The van der Waals surface area contributed by atoms with Crippen LogP contribution in [0.25, 0.3) is 0 Å². The van der Waals surface area contributed by atoms with Crippen molar-refractivity contribution in [3.63, 3.8) is 0 Å². The van der Waals surface area contributed by atoms with E-state index in [0.29, 0.717) is 26.0 Å². The molecule has 1 saturated carbocycles. The van der Waals surface area contributed by atoms with Crippen LogP contribution in [-0.4, -0.2) is 42.5 Å². The molecule has 1 saturated heterocycles. The Hall–Kier alpha value is -1.88. The second kappa shape index (κ2) is 7.34. The zero-order valence-corrected chi connectivity index (χ0v) is 14.3. The summed E-state index contributed by atoms with van der Waals surface area (Å²) in [5.74, 6) is -0.125. The Labute approximate surface area is 143 Å². The monoisotopic (exact) mass is 330 g/mol. The number of nitrogens with one attached hydrogen (secondary N) is 1. The Morgan fingerprint density at radius 1 is 1.33 bits per heavy atom. The maximum Gasteiger partial charge on any atom is 0.306 e. The van der Waals surface area contributed by atoms with E-state index in [9.17, 15) is 9.59 Å². The Balaban J connectivity index is 1.50. The molecule has 0 unspecified atom stereocenters. The molecule has 1 heterocycles. The molecule has 5 nitrogen and oxygen atoms in total. The quantitative estimate of drug-likeness (QED) is 0.778. The lowest BCUT2D eigenvalue weighted by Gasteiger charge is -2.49. The number of benzene rings is 1. The van der Waals surface area contributed by atoms with Gasteiger partial charge in [0, 0.05) is 31.0 Å². The Morgan fingerprint density at radius 2 is 2.08 bits per heavy atom. The normalized spacial score (nSPS) is 22.1. The number of rotatable bonds is 7. The molecular weight excluding hydrogens is 304 g/mol. The van der Waals surface area contributed by atoms with Gasteiger partial charge in [-0.2, -0.15) is 0 Å². The van der Waals surface area contributed by atoms with Gasteiger partial charge < -0.3 is 10.1 Å². The minimum atomic E-state index is -0.189. The SMILES string of the molecule is CN(Cc1ccccc1)C1(CNC(=O)C[C@@H]2COC(=O)C2)CCC1. The molecule has 1 N–H and O–H groups in total. The highest BCUT2D eigenvalue weighted by molar-refractivity contribution is 5.78. The number of ether oxygens (including phenoxy) is 1. The molecule has 0 spiro atoms. The lowest BCUT2D eigenvalue weighted by atomic mass is 9.75. The van der Waals surface area contributed by atoms with Crippen LogP contribution in [0.4, 0.5) is 0 Å². The van der Waals surface area contributed by atoms with Gasteiger partial charge in [0.15, 0.2) is 0 Å². The van der Waals surface area contributed by atoms with Gasteiger partial charge in [-0.3, -0.25) is 14.5 Å². The number of hydrogen-bond acceptors (Lipinski definition) is 4. The Kier molecular flexibility index (Phi) is 5.19. The first kappa shape index (κ1) is 17.0. The Morgan fingerprint density at radius 3 is 2.67 bits per heavy atom. The van der Waals surface area contributed by atoms with E-state index in [0.717, 1.165) is 19.4 Å². The molecule has 130 valence electrons. The highest BCUT2D eigenvalue weighted by Crippen LogP contribution is 2.37. The molecule has 2 aliphatic rings. The molecule has 1 aromatic rings. The highest BCUT2D eigenvalue weighted by atomic mass is 16.5. The summed E-state index contributed by atoms with van der Waals surface area (Å²) in [6, 6.07) is 10.4. The van der Waals surface area contributed by atoms with Crippen LogP contribution in [0.5, 0.6) is 0 Å². The van der Waals surface area contributed by atoms with Crippen LogP contribution in [0.1, 0.15) is 37.7 Å². The summed E-state index contributed by atoms with van der Waals surface area (Å²) in [7, 11) is 2.14. The fourth-order valence-corrected chi connectivity index (χ4v) is 3.60. The molecule has 0 aromatic heterocycles. The molecule has 1 amide bonds. The molecule has 3 rings (SSSR count). The summed E-state index contributed by atoms with van der Waals surface area (Å²) >= 11 is 0. The van der Waals surface area contributed by atoms with Gasteiger partial charge in [0.2, 0.25) is 5.91 Å². The first-order valence-electron chi connectivity index (χ1n) is 8.75. The summed E-state index contributed by atoms with van der Waals surface area (Å²) in [5, 5.41) is 3.09. The van der Waals surface area contributed by atoms with E-state index in [-0.39, 0.29) is 23.3 Å². The van der Waals surface area contributed by atoms with Crippen molar-refractivity contribution in [3.05, 3.63) is 35.9 Å². The van der Waals surface area contributed by atoms with Crippen LogP contribution in [0.15, 0.2) is 30.3 Å². The predicted molar refractivity (Wildman–Crippen MR) is 91.2 cm³/mol. The average Bonchev–Trinajstić information content (AvgIpc) is 2.92. The summed E-state index contributed by atoms with van der Waals surface area (Å²) in [5.41, 5.74) is 1.35. The average molecular weight is 330 g/mol. The standard InChI is InChI=1S/C19H26N2O3/c1-21(12-15-6-3-2-4-7-15)19(8-5-9-19)14-20-17(22)10-16-11-18(23)24-13-16/h2-4,6-7,16H,5,8-14H2,1H3,(H,20,22)/t16-/m0/s1. The molecule has 0 radical (unpaired) electrons. The van der Waals surface area contributed by atoms with Gasteiger partial charge in [-0.05, 0) is 31.9 Å². The van der Waals surface area contributed by atoms with Crippen molar-refractivity contribution < 1.29 is 14.3 Å². The molecular formula is C19H26N2O3.